The third-order valence-corrected chi connectivity index (χ3v) is 2.12. The van der Waals surface area contributed by atoms with Crippen LogP contribution >= 0.6 is 0 Å². The zero-order valence-corrected chi connectivity index (χ0v) is 8.50. The fourth-order valence-electron chi connectivity index (χ4n) is 1.25. The predicted molar refractivity (Wildman–Crippen MR) is 53.6 cm³/mol. The lowest BCUT2D eigenvalue weighted by molar-refractivity contribution is 0.278. The van der Waals surface area contributed by atoms with E-state index in [0.717, 1.165) is 18.7 Å². The van der Waals surface area contributed by atoms with Crippen LogP contribution in [0.2, 0.25) is 0 Å². The Bertz CT molecular complexity index is 320. The summed E-state index contributed by atoms with van der Waals surface area (Å²) >= 11 is 0. The minimum absolute atomic E-state index is 0.0221. The zero-order chi connectivity index (χ0) is 11.3. The number of rotatable bonds is 5. The van der Waals surface area contributed by atoms with E-state index >= 15 is 0 Å². The van der Waals surface area contributed by atoms with E-state index in [1.165, 1.54) is 0 Å². The smallest absolute Gasteiger partial charge is 0.168 e. The van der Waals surface area contributed by atoms with Gasteiger partial charge in [0.2, 0.25) is 0 Å². The predicted octanol–water partition coefficient (Wildman–Crippen LogP) is 1.93. The molecule has 1 heterocycles. The van der Waals surface area contributed by atoms with Crippen LogP contribution in [0.25, 0.3) is 0 Å². The van der Waals surface area contributed by atoms with Crippen molar-refractivity contribution in [1.29, 1.82) is 0 Å². The normalized spacial score (nSPS) is 12.5. The first-order valence-corrected chi connectivity index (χ1v) is 4.85. The molecule has 1 atom stereocenters. The fraction of sp³-hybridized carbons (Fsp3) is 0.500. The molecule has 0 aliphatic carbocycles. The van der Waals surface area contributed by atoms with Gasteiger partial charge in [-0.05, 0) is 12.8 Å². The van der Waals surface area contributed by atoms with E-state index < -0.39 is 11.6 Å². The van der Waals surface area contributed by atoms with E-state index in [9.17, 15) is 8.78 Å². The summed E-state index contributed by atoms with van der Waals surface area (Å²) < 4.78 is 25.7. The molecule has 1 unspecified atom stereocenters. The molecule has 1 aromatic heterocycles. The summed E-state index contributed by atoms with van der Waals surface area (Å²) in [6.07, 6.45) is 2.20. The number of anilines is 1. The van der Waals surface area contributed by atoms with Gasteiger partial charge < -0.3 is 10.4 Å². The highest BCUT2D eigenvalue weighted by Gasteiger charge is 2.10. The average molecular weight is 216 g/mol. The molecule has 0 saturated heterocycles. The van der Waals surface area contributed by atoms with Crippen molar-refractivity contribution in [3.05, 3.63) is 23.9 Å². The SMILES string of the molecule is CCC(CCO)Nc1ncc(F)cc1F. The van der Waals surface area contributed by atoms with Crippen LogP contribution in [0, 0.1) is 11.6 Å². The molecule has 0 saturated carbocycles. The number of aromatic nitrogens is 1. The molecule has 0 aliphatic rings. The van der Waals surface area contributed by atoms with Gasteiger partial charge in [-0.3, -0.25) is 0 Å². The van der Waals surface area contributed by atoms with Gasteiger partial charge in [-0.2, -0.15) is 0 Å². The van der Waals surface area contributed by atoms with Crippen molar-refractivity contribution in [3.63, 3.8) is 0 Å². The molecular formula is C10H14F2N2O. The molecule has 5 heteroatoms. The van der Waals surface area contributed by atoms with Crippen LogP contribution < -0.4 is 5.32 Å². The molecule has 0 aliphatic heterocycles. The molecule has 1 aromatic rings. The van der Waals surface area contributed by atoms with Crippen LogP contribution in [-0.2, 0) is 0 Å². The Morgan fingerprint density at radius 2 is 2.27 bits per heavy atom. The third kappa shape index (κ3) is 3.43. The minimum atomic E-state index is -0.716. The van der Waals surface area contributed by atoms with Crippen molar-refractivity contribution >= 4 is 5.82 Å². The molecule has 0 bridgehead atoms. The lowest BCUT2D eigenvalue weighted by Crippen LogP contribution is -2.21. The second-order valence-electron chi connectivity index (χ2n) is 3.25. The second-order valence-corrected chi connectivity index (χ2v) is 3.25. The second kappa shape index (κ2) is 5.60. The van der Waals surface area contributed by atoms with Crippen LogP contribution in [0.5, 0.6) is 0 Å². The van der Waals surface area contributed by atoms with Gasteiger partial charge >= 0.3 is 0 Å². The molecule has 84 valence electrons. The van der Waals surface area contributed by atoms with Crippen molar-refractivity contribution in [3.8, 4) is 0 Å². The largest absolute Gasteiger partial charge is 0.396 e. The molecule has 0 fully saturated rings. The highest BCUT2D eigenvalue weighted by Crippen LogP contribution is 2.14. The Hall–Kier alpha value is -1.23. The molecule has 0 spiro atoms. The lowest BCUT2D eigenvalue weighted by Gasteiger charge is -2.16. The number of halogens is 2. The zero-order valence-electron chi connectivity index (χ0n) is 8.50. The molecule has 0 aromatic carbocycles. The number of pyridine rings is 1. The van der Waals surface area contributed by atoms with Crippen LogP contribution in [0.15, 0.2) is 12.3 Å². The molecule has 3 nitrogen and oxygen atoms in total. The average Bonchev–Trinajstić information content (AvgIpc) is 2.21. The van der Waals surface area contributed by atoms with Gasteiger partial charge in [0.25, 0.3) is 0 Å². The molecule has 0 amide bonds. The summed E-state index contributed by atoms with van der Waals surface area (Å²) in [6.45, 7) is 1.93. The Balaban J connectivity index is 2.70. The maximum absolute atomic E-state index is 13.2. The van der Waals surface area contributed by atoms with Gasteiger partial charge in [0.1, 0.15) is 5.82 Å². The standard InChI is InChI=1S/C10H14F2N2O/c1-2-8(3-4-15)14-10-9(12)5-7(11)6-13-10/h5-6,8,15H,2-4H2,1H3,(H,13,14). The summed E-state index contributed by atoms with van der Waals surface area (Å²) in [5, 5.41) is 11.6. The summed E-state index contributed by atoms with van der Waals surface area (Å²) in [5.41, 5.74) is 0. The summed E-state index contributed by atoms with van der Waals surface area (Å²) in [5.74, 6) is -1.39. The summed E-state index contributed by atoms with van der Waals surface area (Å²) in [7, 11) is 0. The first-order chi connectivity index (χ1) is 7.17. The number of hydrogen-bond acceptors (Lipinski definition) is 3. The van der Waals surface area contributed by atoms with E-state index in [1.54, 1.807) is 0 Å². The van der Waals surface area contributed by atoms with Gasteiger partial charge in [0.15, 0.2) is 11.6 Å². The molecule has 15 heavy (non-hydrogen) atoms. The monoisotopic (exact) mass is 216 g/mol. The van der Waals surface area contributed by atoms with E-state index in [1.807, 2.05) is 6.92 Å². The number of hydrogen-bond donors (Lipinski definition) is 2. The Morgan fingerprint density at radius 1 is 1.53 bits per heavy atom. The molecule has 0 radical (unpaired) electrons. The van der Waals surface area contributed by atoms with Crippen LogP contribution in [-0.4, -0.2) is 22.7 Å². The fourth-order valence-corrected chi connectivity index (χ4v) is 1.25. The number of nitrogens with one attached hydrogen (secondary N) is 1. The van der Waals surface area contributed by atoms with Crippen molar-refractivity contribution in [2.45, 2.75) is 25.8 Å². The van der Waals surface area contributed by atoms with Gasteiger partial charge in [-0.1, -0.05) is 6.92 Å². The number of aliphatic hydroxyl groups is 1. The number of aliphatic hydroxyl groups excluding tert-OH is 1. The summed E-state index contributed by atoms with van der Waals surface area (Å²) in [4.78, 5) is 3.61. The van der Waals surface area contributed by atoms with Gasteiger partial charge in [0, 0.05) is 18.7 Å². The maximum Gasteiger partial charge on any atom is 0.168 e. The Kier molecular flexibility index (Phi) is 4.42. The van der Waals surface area contributed by atoms with Crippen LogP contribution in [0.4, 0.5) is 14.6 Å². The first kappa shape index (κ1) is 11.8. The van der Waals surface area contributed by atoms with Crippen molar-refractivity contribution < 1.29 is 13.9 Å². The lowest BCUT2D eigenvalue weighted by atomic mass is 10.1. The third-order valence-electron chi connectivity index (χ3n) is 2.12. The van der Waals surface area contributed by atoms with Crippen molar-refractivity contribution in [2.24, 2.45) is 0 Å². The van der Waals surface area contributed by atoms with E-state index in [0.29, 0.717) is 6.42 Å². The van der Waals surface area contributed by atoms with Gasteiger partial charge in [-0.15, -0.1) is 0 Å². The van der Waals surface area contributed by atoms with Gasteiger partial charge in [-0.25, -0.2) is 13.8 Å². The van der Waals surface area contributed by atoms with E-state index in [2.05, 4.69) is 10.3 Å². The highest BCUT2D eigenvalue weighted by atomic mass is 19.1. The Morgan fingerprint density at radius 3 is 2.80 bits per heavy atom. The highest BCUT2D eigenvalue weighted by molar-refractivity contribution is 5.36. The van der Waals surface area contributed by atoms with E-state index in [-0.39, 0.29) is 18.5 Å². The van der Waals surface area contributed by atoms with Crippen molar-refractivity contribution in [1.82, 2.24) is 4.98 Å². The minimum Gasteiger partial charge on any atom is -0.396 e. The molecule has 2 N–H and O–H groups in total. The molecular weight excluding hydrogens is 202 g/mol. The maximum atomic E-state index is 13.2. The first-order valence-electron chi connectivity index (χ1n) is 4.85. The van der Waals surface area contributed by atoms with Gasteiger partial charge in [0.05, 0.1) is 6.20 Å². The van der Waals surface area contributed by atoms with Crippen LogP contribution in [0.3, 0.4) is 0 Å². The van der Waals surface area contributed by atoms with Crippen LogP contribution in [0.1, 0.15) is 19.8 Å². The summed E-state index contributed by atoms with van der Waals surface area (Å²) in [6, 6.07) is 0.725. The van der Waals surface area contributed by atoms with Crippen molar-refractivity contribution in [2.75, 3.05) is 11.9 Å². The Labute approximate surface area is 87.2 Å². The quantitative estimate of drug-likeness (QED) is 0.790. The van der Waals surface area contributed by atoms with E-state index in [4.69, 9.17) is 5.11 Å². The number of nitrogens with zero attached hydrogens (tertiary/aromatic N) is 1. The topological polar surface area (TPSA) is 45.1 Å². The molecule has 1 rings (SSSR count).